The van der Waals surface area contributed by atoms with Crippen LogP contribution >= 0.6 is 43.1 Å². The molecule has 0 saturated carbocycles. The molecule has 3 nitrogen and oxygen atoms in total. The molecule has 0 aliphatic rings. The van der Waals surface area contributed by atoms with Gasteiger partial charge in [-0.25, -0.2) is 0 Å². The molecule has 0 N–H and O–H groups in total. The minimum atomic E-state index is -1.83. The van der Waals surface area contributed by atoms with Crippen LogP contribution in [-0.4, -0.2) is 17.5 Å². The normalized spacial score (nSPS) is 9.17. The van der Waals surface area contributed by atoms with E-state index >= 15 is 0 Å². The zero-order valence-corrected chi connectivity index (χ0v) is 9.96. The molecule has 0 atom stereocenters. The van der Waals surface area contributed by atoms with Crippen molar-refractivity contribution in [2.45, 2.75) is 18.1 Å². The van der Waals surface area contributed by atoms with Gasteiger partial charge in [-0.3, -0.25) is 0 Å². The van der Waals surface area contributed by atoms with Crippen LogP contribution in [0.1, 0.15) is 13.8 Å². The van der Waals surface area contributed by atoms with Crippen molar-refractivity contribution >= 4 is 43.1 Å². The van der Waals surface area contributed by atoms with Gasteiger partial charge in [-0.1, -0.05) is 34.8 Å². The van der Waals surface area contributed by atoms with Crippen LogP contribution in [0.3, 0.4) is 0 Å². The Balaban J connectivity index is 0. The molecule has 0 aliphatic heterocycles. The highest BCUT2D eigenvalue weighted by Gasteiger charge is 2.15. The third-order valence-electron chi connectivity index (χ3n) is 0.469. The number of rotatable bonds is 4. The molecule has 0 bridgehead atoms. The van der Waals surface area contributed by atoms with Gasteiger partial charge >= 0.3 is 8.25 Å². The monoisotopic (exact) mass is 255 g/mol. The van der Waals surface area contributed by atoms with Gasteiger partial charge in [-0.15, -0.1) is 9.05 Å². The minimum Gasteiger partial charge on any atom is -0.119 e. The number of hydrogen-bond donors (Lipinski definition) is 0. The van der Waals surface area contributed by atoms with Crippen LogP contribution in [0, 0.1) is 0 Å². The molecule has 0 aromatic rings. The van der Waals surface area contributed by atoms with Crippen molar-refractivity contribution in [1.82, 2.24) is 0 Å². The molecule has 0 amide bonds. The first-order valence-electron chi connectivity index (χ1n) is 3.19. The SMILES string of the molecule is CCO[P+](=O)OCC.ClC(Cl)Cl. The number of hydrogen-bond acceptors (Lipinski definition) is 3. The van der Waals surface area contributed by atoms with E-state index in [-0.39, 0.29) is 0 Å². The summed E-state index contributed by atoms with van der Waals surface area (Å²) in [5.41, 5.74) is 0. The molecule has 0 aromatic carbocycles. The molecule has 0 saturated heterocycles. The van der Waals surface area contributed by atoms with Crippen LogP contribution in [0.4, 0.5) is 0 Å². The van der Waals surface area contributed by atoms with E-state index in [9.17, 15) is 4.57 Å². The summed E-state index contributed by atoms with van der Waals surface area (Å²) in [6.45, 7) is 4.42. The molecule has 0 heterocycles. The second kappa shape index (κ2) is 11.9. The lowest BCUT2D eigenvalue weighted by Crippen LogP contribution is -1.81. The molecule has 7 heteroatoms. The van der Waals surface area contributed by atoms with Crippen LogP contribution < -0.4 is 0 Å². The van der Waals surface area contributed by atoms with E-state index < -0.39 is 12.6 Å². The maximum atomic E-state index is 10.3. The van der Waals surface area contributed by atoms with E-state index in [0.717, 1.165) is 0 Å². The second-order valence-electron chi connectivity index (χ2n) is 1.31. The molecular formula is C5H11Cl3O3P+. The van der Waals surface area contributed by atoms with Crippen molar-refractivity contribution in [2.24, 2.45) is 0 Å². The third-order valence-corrected chi connectivity index (χ3v) is 1.41. The van der Waals surface area contributed by atoms with E-state index in [1.807, 2.05) is 0 Å². The molecule has 0 aromatic heterocycles. The molecule has 0 radical (unpaired) electrons. The predicted octanol–water partition coefficient (Wildman–Crippen LogP) is 3.70. The smallest absolute Gasteiger partial charge is 0.119 e. The summed E-state index contributed by atoms with van der Waals surface area (Å²) in [6.07, 6.45) is 0. The Bertz CT molecular complexity index is 101. The molecule has 0 spiro atoms. The van der Waals surface area contributed by atoms with Gasteiger partial charge in [0.1, 0.15) is 13.2 Å². The van der Waals surface area contributed by atoms with E-state index in [4.69, 9.17) is 34.8 Å². The minimum absolute atomic E-state index is 0.440. The van der Waals surface area contributed by atoms with Gasteiger partial charge in [0.2, 0.25) is 0 Å². The van der Waals surface area contributed by atoms with Crippen LogP contribution in [-0.2, 0) is 13.6 Å². The average Bonchev–Trinajstić information content (AvgIpc) is 1.87. The van der Waals surface area contributed by atoms with Gasteiger partial charge in [0, 0.05) is 4.57 Å². The second-order valence-corrected chi connectivity index (χ2v) is 4.25. The summed E-state index contributed by atoms with van der Waals surface area (Å²) >= 11 is 14.4. The predicted molar refractivity (Wildman–Crippen MR) is 52.2 cm³/mol. The summed E-state index contributed by atoms with van der Waals surface area (Å²) in [5.74, 6) is 0. The van der Waals surface area contributed by atoms with Gasteiger partial charge in [-0.2, -0.15) is 0 Å². The lowest BCUT2D eigenvalue weighted by molar-refractivity contribution is 0.243. The fraction of sp³-hybridized carbons (Fsp3) is 1.00. The molecule has 74 valence electrons. The van der Waals surface area contributed by atoms with Crippen LogP contribution in [0.25, 0.3) is 0 Å². The van der Waals surface area contributed by atoms with Crippen LogP contribution in [0.15, 0.2) is 0 Å². The third kappa shape index (κ3) is 22.4. The first kappa shape index (κ1) is 15.4. The lowest BCUT2D eigenvalue weighted by atomic mass is 10.9. The summed E-state index contributed by atoms with van der Waals surface area (Å²) in [7, 11) is -1.83. The van der Waals surface area contributed by atoms with Gasteiger partial charge in [-0.05, 0) is 13.8 Å². The summed E-state index contributed by atoms with van der Waals surface area (Å²) in [4.78, 5) is 0. The van der Waals surface area contributed by atoms with Crippen LogP contribution in [0.2, 0.25) is 0 Å². The highest BCUT2D eigenvalue weighted by atomic mass is 35.6. The van der Waals surface area contributed by atoms with Crippen molar-refractivity contribution in [3.63, 3.8) is 0 Å². The standard InChI is InChI=1S/C4H10O3P.CHCl3/c1-3-6-8(5)7-4-2;2-1(3)4/h3-4H2,1-2H3;1H/q+1;. The van der Waals surface area contributed by atoms with Gasteiger partial charge in [0.05, 0.1) is 0 Å². The Morgan fingerprint density at radius 2 is 1.42 bits per heavy atom. The van der Waals surface area contributed by atoms with E-state index in [1.54, 1.807) is 13.8 Å². The van der Waals surface area contributed by atoms with Crippen molar-refractivity contribution in [3.8, 4) is 0 Å². The van der Waals surface area contributed by atoms with Crippen LogP contribution in [0.5, 0.6) is 0 Å². The number of alkyl halides is 3. The van der Waals surface area contributed by atoms with E-state index in [0.29, 0.717) is 13.2 Å². The maximum absolute atomic E-state index is 10.3. The maximum Gasteiger partial charge on any atom is 0.697 e. The van der Waals surface area contributed by atoms with E-state index in [1.165, 1.54) is 0 Å². The quantitative estimate of drug-likeness (QED) is 0.568. The summed E-state index contributed by atoms with van der Waals surface area (Å²) in [6, 6.07) is 0. The number of halogens is 3. The lowest BCUT2D eigenvalue weighted by Gasteiger charge is -1.78. The largest absolute Gasteiger partial charge is 0.697 e. The zero-order chi connectivity index (χ0) is 9.98. The Morgan fingerprint density at radius 1 is 1.17 bits per heavy atom. The molecule has 0 unspecified atom stereocenters. The van der Waals surface area contributed by atoms with Crippen molar-refractivity contribution < 1.29 is 13.6 Å². The Hall–Kier alpha value is 0.890. The Kier molecular flexibility index (Phi) is 15.2. The highest BCUT2D eigenvalue weighted by Crippen LogP contribution is 2.21. The van der Waals surface area contributed by atoms with Gasteiger partial charge in [0.15, 0.2) is 4.30 Å². The summed E-state index contributed by atoms with van der Waals surface area (Å²) < 4.78 is 18.7. The molecule has 12 heavy (non-hydrogen) atoms. The fourth-order valence-electron chi connectivity index (χ4n) is 0.248. The van der Waals surface area contributed by atoms with Gasteiger partial charge in [0.25, 0.3) is 0 Å². The molecule has 0 fully saturated rings. The molecule has 0 rings (SSSR count). The van der Waals surface area contributed by atoms with E-state index in [2.05, 4.69) is 9.05 Å². The summed E-state index contributed by atoms with van der Waals surface area (Å²) in [5, 5.41) is 0. The van der Waals surface area contributed by atoms with Crippen molar-refractivity contribution in [1.29, 1.82) is 0 Å². The Labute approximate surface area is 88.2 Å². The topological polar surface area (TPSA) is 35.5 Å². The molecular weight excluding hydrogens is 245 g/mol. The average molecular weight is 256 g/mol. The highest BCUT2D eigenvalue weighted by molar-refractivity contribution is 7.33. The van der Waals surface area contributed by atoms with Gasteiger partial charge < -0.3 is 0 Å². The van der Waals surface area contributed by atoms with Crippen molar-refractivity contribution in [2.75, 3.05) is 13.2 Å². The van der Waals surface area contributed by atoms with Crippen molar-refractivity contribution in [3.05, 3.63) is 0 Å². The molecule has 0 aliphatic carbocycles. The first-order valence-corrected chi connectivity index (χ1v) is 5.60. The first-order chi connectivity index (χ1) is 5.54. The Morgan fingerprint density at radius 3 is 1.58 bits per heavy atom. The fourth-order valence-corrected chi connectivity index (χ4v) is 0.744. The zero-order valence-electron chi connectivity index (χ0n) is 6.80.